The molecular formula is C15H21N3O2. The number of aliphatic carboxylic acids is 1. The minimum absolute atomic E-state index is 0.00222. The average molecular weight is 275 g/mol. The van der Waals surface area contributed by atoms with Crippen LogP contribution in [0.1, 0.15) is 44.7 Å². The van der Waals surface area contributed by atoms with Crippen LogP contribution in [0.3, 0.4) is 0 Å². The van der Waals surface area contributed by atoms with Gasteiger partial charge in [0.2, 0.25) is 0 Å². The molecule has 5 heteroatoms. The van der Waals surface area contributed by atoms with Crippen LogP contribution in [0.15, 0.2) is 12.3 Å². The Morgan fingerprint density at radius 1 is 1.55 bits per heavy atom. The van der Waals surface area contributed by atoms with Crippen molar-refractivity contribution >= 4 is 11.8 Å². The maximum Gasteiger partial charge on any atom is 0.305 e. The third-order valence-corrected chi connectivity index (χ3v) is 2.89. The first-order valence-electron chi connectivity index (χ1n) is 6.57. The van der Waals surface area contributed by atoms with Gasteiger partial charge in [-0.25, -0.2) is 4.98 Å². The van der Waals surface area contributed by atoms with Crippen LogP contribution in [0, 0.1) is 23.7 Å². The van der Waals surface area contributed by atoms with E-state index in [1.165, 1.54) is 0 Å². The van der Waals surface area contributed by atoms with E-state index in [2.05, 4.69) is 37.1 Å². The molecule has 0 aromatic carbocycles. The summed E-state index contributed by atoms with van der Waals surface area (Å²) in [7, 11) is 0. The molecule has 1 atom stereocenters. The Bertz CT molecular complexity index is 527. The van der Waals surface area contributed by atoms with Gasteiger partial charge in [-0.1, -0.05) is 20.8 Å². The molecule has 0 aliphatic heterocycles. The molecule has 0 saturated carbocycles. The number of carboxylic acids is 1. The summed E-state index contributed by atoms with van der Waals surface area (Å²) >= 11 is 0. The van der Waals surface area contributed by atoms with Crippen LogP contribution < -0.4 is 5.32 Å². The second-order valence-corrected chi connectivity index (χ2v) is 6.17. The summed E-state index contributed by atoms with van der Waals surface area (Å²) in [6.45, 7) is 8.00. The van der Waals surface area contributed by atoms with Crippen molar-refractivity contribution in [3.63, 3.8) is 0 Å². The highest BCUT2D eigenvalue weighted by atomic mass is 16.4. The Morgan fingerprint density at radius 2 is 2.20 bits per heavy atom. The highest BCUT2D eigenvalue weighted by molar-refractivity contribution is 5.68. The summed E-state index contributed by atoms with van der Waals surface area (Å²) in [5, 5.41) is 21.3. The number of carbonyl (C=O) groups is 1. The van der Waals surface area contributed by atoms with Gasteiger partial charge in [0.1, 0.15) is 11.9 Å². The SMILES string of the molecule is Cc1ccnc(NC(CC(=O)O)CC(C)(C)C)c1C#N. The van der Waals surface area contributed by atoms with E-state index < -0.39 is 5.97 Å². The maximum atomic E-state index is 11.0. The van der Waals surface area contributed by atoms with Gasteiger partial charge in [-0.15, -0.1) is 0 Å². The van der Waals surface area contributed by atoms with Crippen molar-refractivity contribution in [2.45, 2.75) is 46.6 Å². The summed E-state index contributed by atoms with van der Waals surface area (Å²) in [6, 6.07) is 3.62. The molecule has 0 radical (unpaired) electrons. The lowest BCUT2D eigenvalue weighted by atomic mass is 9.87. The summed E-state index contributed by atoms with van der Waals surface area (Å²) in [6.07, 6.45) is 2.30. The van der Waals surface area contributed by atoms with Crippen molar-refractivity contribution in [3.8, 4) is 6.07 Å². The molecule has 2 N–H and O–H groups in total. The molecular weight excluding hydrogens is 254 g/mol. The Balaban J connectivity index is 2.98. The van der Waals surface area contributed by atoms with Crippen LogP contribution in [0.5, 0.6) is 0 Å². The zero-order chi connectivity index (χ0) is 15.3. The van der Waals surface area contributed by atoms with Crippen molar-refractivity contribution in [3.05, 3.63) is 23.4 Å². The van der Waals surface area contributed by atoms with E-state index in [0.717, 1.165) is 5.56 Å². The number of aromatic nitrogens is 1. The lowest BCUT2D eigenvalue weighted by Gasteiger charge is -2.26. The van der Waals surface area contributed by atoms with Crippen LogP contribution in [0.25, 0.3) is 0 Å². The third kappa shape index (κ3) is 4.88. The quantitative estimate of drug-likeness (QED) is 0.862. The highest BCUT2D eigenvalue weighted by Gasteiger charge is 2.22. The fraction of sp³-hybridized carbons (Fsp3) is 0.533. The fourth-order valence-electron chi connectivity index (χ4n) is 2.13. The molecule has 1 aromatic heterocycles. The van der Waals surface area contributed by atoms with Gasteiger partial charge in [-0.2, -0.15) is 5.26 Å². The molecule has 1 heterocycles. The molecule has 0 bridgehead atoms. The molecule has 0 aliphatic rings. The number of aryl methyl sites for hydroxylation is 1. The maximum absolute atomic E-state index is 11.0. The molecule has 0 amide bonds. The number of nitrogens with zero attached hydrogens (tertiary/aromatic N) is 2. The topological polar surface area (TPSA) is 86.0 Å². The van der Waals surface area contributed by atoms with E-state index >= 15 is 0 Å². The first-order valence-corrected chi connectivity index (χ1v) is 6.57. The summed E-state index contributed by atoms with van der Waals surface area (Å²) in [5.41, 5.74) is 1.29. The van der Waals surface area contributed by atoms with Gasteiger partial charge in [-0.05, 0) is 30.4 Å². The number of nitriles is 1. The minimum atomic E-state index is -0.863. The van der Waals surface area contributed by atoms with Gasteiger partial charge in [0, 0.05) is 12.2 Å². The van der Waals surface area contributed by atoms with Gasteiger partial charge < -0.3 is 10.4 Å². The van der Waals surface area contributed by atoms with Crippen LogP contribution >= 0.6 is 0 Å². The molecule has 0 spiro atoms. The number of anilines is 1. The monoisotopic (exact) mass is 275 g/mol. The van der Waals surface area contributed by atoms with Gasteiger partial charge in [0.15, 0.2) is 0 Å². The van der Waals surface area contributed by atoms with Gasteiger partial charge in [0.25, 0.3) is 0 Å². The summed E-state index contributed by atoms with van der Waals surface area (Å²) in [5.74, 6) is -0.402. The van der Waals surface area contributed by atoms with E-state index in [9.17, 15) is 10.1 Å². The molecule has 0 aliphatic carbocycles. The van der Waals surface area contributed by atoms with E-state index in [1.807, 2.05) is 6.92 Å². The Kier molecular flexibility index (Phi) is 5.09. The molecule has 1 rings (SSSR count). The van der Waals surface area contributed by atoms with E-state index in [-0.39, 0.29) is 17.9 Å². The Labute approximate surface area is 119 Å². The predicted molar refractivity (Wildman–Crippen MR) is 77.4 cm³/mol. The van der Waals surface area contributed by atoms with Gasteiger partial charge in [0.05, 0.1) is 12.0 Å². The molecule has 0 saturated heterocycles. The second-order valence-electron chi connectivity index (χ2n) is 6.17. The minimum Gasteiger partial charge on any atom is -0.481 e. The van der Waals surface area contributed by atoms with Crippen molar-refractivity contribution in [1.82, 2.24) is 4.98 Å². The van der Waals surface area contributed by atoms with Crippen LogP contribution in [-0.4, -0.2) is 22.1 Å². The standard InChI is InChI=1S/C15H21N3O2/c1-10-5-6-17-14(12(10)9-16)18-11(7-13(19)20)8-15(2,3)4/h5-6,11H,7-8H2,1-4H3,(H,17,18)(H,19,20). The number of pyridine rings is 1. The fourth-order valence-corrected chi connectivity index (χ4v) is 2.13. The number of hydrogen-bond acceptors (Lipinski definition) is 4. The van der Waals surface area contributed by atoms with Crippen molar-refractivity contribution in [2.75, 3.05) is 5.32 Å². The number of rotatable bonds is 5. The first kappa shape index (κ1) is 16.0. The molecule has 0 fully saturated rings. The summed E-state index contributed by atoms with van der Waals surface area (Å²) < 4.78 is 0. The third-order valence-electron chi connectivity index (χ3n) is 2.89. The largest absolute Gasteiger partial charge is 0.481 e. The van der Waals surface area contributed by atoms with Crippen molar-refractivity contribution in [2.24, 2.45) is 5.41 Å². The first-order chi connectivity index (χ1) is 9.23. The molecule has 108 valence electrons. The lowest BCUT2D eigenvalue weighted by molar-refractivity contribution is -0.137. The zero-order valence-corrected chi connectivity index (χ0v) is 12.4. The van der Waals surface area contributed by atoms with E-state index in [0.29, 0.717) is 17.8 Å². The average Bonchev–Trinajstić information content (AvgIpc) is 2.25. The number of carboxylic acid groups (broad SMARTS) is 1. The molecule has 5 nitrogen and oxygen atoms in total. The normalized spacial score (nSPS) is 12.6. The van der Waals surface area contributed by atoms with Crippen molar-refractivity contribution < 1.29 is 9.90 Å². The lowest BCUT2D eigenvalue weighted by Crippen LogP contribution is -2.29. The van der Waals surface area contributed by atoms with Crippen molar-refractivity contribution in [1.29, 1.82) is 5.26 Å². The zero-order valence-electron chi connectivity index (χ0n) is 12.4. The van der Waals surface area contributed by atoms with Gasteiger partial charge >= 0.3 is 5.97 Å². The smallest absolute Gasteiger partial charge is 0.305 e. The van der Waals surface area contributed by atoms with E-state index in [1.54, 1.807) is 12.3 Å². The molecule has 20 heavy (non-hydrogen) atoms. The van der Waals surface area contributed by atoms with Crippen LogP contribution in [0.2, 0.25) is 0 Å². The van der Waals surface area contributed by atoms with E-state index in [4.69, 9.17) is 5.11 Å². The highest BCUT2D eigenvalue weighted by Crippen LogP contribution is 2.25. The van der Waals surface area contributed by atoms with Gasteiger partial charge in [-0.3, -0.25) is 4.79 Å². The molecule has 1 unspecified atom stereocenters. The number of nitrogens with one attached hydrogen (secondary N) is 1. The second kappa shape index (κ2) is 6.38. The van der Waals surface area contributed by atoms with Crippen LogP contribution in [0.4, 0.5) is 5.82 Å². The predicted octanol–water partition coefficient (Wildman–Crippen LogP) is 2.95. The summed E-state index contributed by atoms with van der Waals surface area (Å²) in [4.78, 5) is 15.1. The Hall–Kier alpha value is -2.09. The molecule has 1 aromatic rings. The van der Waals surface area contributed by atoms with Crippen LogP contribution in [-0.2, 0) is 4.79 Å². The Morgan fingerprint density at radius 3 is 2.70 bits per heavy atom. The number of hydrogen-bond donors (Lipinski definition) is 2.